The molecule has 2 N–H and O–H groups in total. The summed E-state index contributed by atoms with van der Waals surface area (Å²) in [6, 6.07) is 5.57. The highest BCUT2D eigenvalue weighted by molar-refractivity contribution is 6.31. The standard InChI is InChI=1S/C15H17ClN4O/c1-3-7-17-14(21)11-8-18-15(19-9-11)20-13-6-4-5-12(16)10(13)2/h4-6,8-9H,3,7H2,1-2H3,(H,17,21)(H,18,19,20). The molecule has 0 saturated carbocycles. The van der Waals surface area contributed by atoms with Crippen molar-refractivity contribution in [2.45, 2.75) is 20.3 Å². The van der Waals surface area contributed by atoms with Gasteiger partial charge < -0.3 is 10.6 Å². The van der Waals surface area contributed by atoms with Crippen LogP contribution < -0.4 is 10.6 Å². The molecular weight excluding hydrogens is 288 g/mol. The molecule has 0 saturated heterocycles. The van der Waals surface area contributed by atoms with E-state index in [4.69, 9.17) is 11.6 Å². The molecule has 0 unspecified atom stereocenters. The van der Waals surface area contributed by atoms with E-state index in [1.165, 1.54) is 12.4 Å². The molecule has 0 spiro atoms. The third-order valence-electron chi connectivity index (χ3n) is 2.96. The lowest BCUT2D eigenvalue weighted by Gasteiger charge is -2.09. The van der Waals surface area contributed by atoms with Gasteiger partial charge in [0.05, 0.1) is 5.56 Å². The zero-order chi connectivity index (χ0) is 15.2. The van der Waals surface area contributed by atoms with Gasteiger partial charge in [0.25, 0.3) is 5.91 Å². The van der Waals surface area contributed by atoms with Gasteiger partial charge in [0.2, 0.25) is 5.95 Å². The molecule has 1 aromatic carbocycles. The Labute approximate surface area is 128 Å². The first-order valence-electron chi connectivity index (χ1n) is 6.74. The average Bonchev–Trinajstić information content (AvgIpc) is 2.50. The Kier molecular flexibility index (Phi) is 5.11. The predicted molar refractivity (Wildman–Crippen MR) is 84.1 cm³/mol. The van der Waals surface area contributed by atoms with Crippen LogP contribution >= 0.6 is 11.6 Å². The second kappa shape index (κ2) is 7.04. The van der Waals surface area contributed by atoms with Crippen LogP contribution in [-0.4, -0.2) is 22.4 Å². The third kappa shape index (κ3) is 3.92. The monoisotopic (exact) mass is 304 g/mol. The van der Waals surface area contributed by atoms with Gasteiger partial charge in [-0.05, 0) is 31.0 Å². The summed E-state index contributed by atoms with van der Waals surface area (Å²) in [6.07, 6.45) is 3.89. The average molecular weight is 305 g/mol. The molecule has 6 heteroatoms. The SMILES string of the molecule is CCCNC(=O)c1cnc(Nc2cccc(Cl)c2C)nc1. The summed E-state index contributed by atoms with van der Waals surface area (Å²) in [5, 5.41) is 6.54. The van der Waals surface area contributed by atoms with E-state index in [9.17, 15) is 4.79 Å². The highest BCUT2D eigenvalue weighted by atomic mass is 35.5. The molecule has 0 radical (unpaired) electrons. The summed E-state index contributed by atoms with van der Waals surface area (Å²) in [7, 11) is 0. The van der Waals surface area contributed by atoms with Gasteiger partial charge in [0, 0.05) is 29.6 Å². The molecular formula is C15H17ClN4O. The van der Waals surface area contributed by atoms with Crippen molar-refractivity contribution in [2.24, 2.45) is 0 Å². The van der Waals surface area contributed by atoms with Crippen molar-refractivity contribution in [3.05, 3.63) is 46.7 Å². The van der Waals surface area contributed by atoms with Crippen LogP contribution in [0.2, 0.25) is 5.02 Å². The molecule has 2 aromatic rings. The summed E-state index contributed by atoms with van der Waals surface area (Å²) in [6.45, 7) is 4.55. The Hall–Kier alpha value is -2.14. The van der Waals surface area contributed by atoms with Crippen molar-refractivity contribution in [3.8, 4) is 0 Å². The number of benzene rings is 1. The number of carbonyl (C=O) groups is 1. The van der Waals surface area contributed by atoms with E-state index in [1.807, 2.05) is 32.0 Å². The van der Waals surface area contributed by atoms with Crippen molar-refractivity contribution < 1.29 is 4.79 Å². The van der Waals surface area contributed by atoms with E-state index >= 15 is 0 Å². The zero-order valence-electron chi connectivity index (χ0n) is 12.0. The minimum atomic E-state index is -0.165. The molecule has 0 aliphatic carbocycles. The number of carbonyl (C=O) groups excluding carboxylic acids is 1. The van der Waals surface area contributed by atoms with Crippen molar-refractivity contribution >= 4 is 29.1 Å². The van der Waals surface area contributed by atoms with Gasteiger partial charge >= 0.3 is 0 Å². The number of nitrogens with one attached hydrogen (secondary N) is 2. The smallest absolute Gasteiger partial charge is 0.254 e. The molecule has 0 aliphatic rings. The van der Waals surface area contributed by atoms with Gasteiger partial charge in [0.15, 0.2) is 0 Å². The van der Waals surface area contributed by atoms with E-state index in [-0.39, 0.29) is 5.91 Å². The highest BCUT2D eigenvalue weighted by Gasteiger charge is 2.07. The number of halogens is 1. The first-order chi connectivity index (χ1) is 10.1. The number of aromatic nitrogens is 2. The van der Waals surface area contributed by atoms with Gasteiger partial charge in [-0.1, -0.05) is 24.6 Å². The van der Waals surface area contributed by atoms with E-state index < -0.39 is 0 Å². The summed E-state index contributed by atoms with van der Waals surface area (Å²) in [4.78, 5) is 20.0. The first-order valence-corrected chi connectivity index (χ1v) is 7.12. The van der Waals surface area contributed by atoms with E-state index in [0.717, 1.165) is 17.7 Å². The minimum Gasteiger partial charge on any atom is -0.352 e. The summed E-state index contributed by atoms with van der Waals surface area (Å²) in [5.41, 5.74) is 2.20. The molecule has 0 bridgehead atoms. The van der Waals surface area contributed by atoms with Gasteiger partial charge in [-0.3, -0.25) is 4.79 Å². The summed E-state index contributed by atoms with van der Waals surface area (Å²) in [5.74, 6) is 0.259. The molecule has 2 rings (SSSR count). The van der Waals surface area contributed by atoms with Crippen LogP contribution in [0.3, 0.4) is 0 Å². The summed E-state index contributed by atoms with van der Waals surface area (Å²) >= 11 is 6.06. The number of rotatable bonds is 5. The maximum Gasteiger partial charge on any atom is 0.254 e. The van der Waals surface area contributed by atoms with Crippen LogP contribution in [0, 0.1) is 6.92 Å². The molecule has 0 atom stereocenters. The predicted octanol–water partition coefficient (Wildman–Crippen LogP) is 3.32. The molecule has 0 aliphatic heterocycles. The summed E-state index contributed by atoms with van der Waals surface area (Å²) < 4.78 is 0. The molecule has 1 amide bonds. The van der Waals surface area contributed by atoms with E-state index in [1.54, 1.807) is 0 Å². The van der Waals surface area contributed by atoms with Gasteiger partial charge in [-0.25, -0.2) is 9.97 Å². The molecule has 1 heterocycles. The maximum absolute atomic E-state index is 11.7. The molecule has 5 nitrogen and oxygen atoms in total. The van der Waals surface area contributed by atoms with Crippen LogP contribution in [0.5, 0.6) is 0 Å². The minimum absolute atomic E-state index is 0.165. The lowest BCUT2D eigenvalue weighted by atomic mass is 10.2. The van der Waals surface area contributed by atoms with Crippen LogP contribution in [-0.2, 0) is 0 Å². The fraction of sp³-hybridized carbons (Fsp3) is 0.267. The number of amides is 1. The second-order valence-corrected chi connectivity index (χ2v) is 5.00. The quantitative estimate of drug-likeness (QED) is 0.889. The normalized spacial score (nSPS) is 10.2. The number of hydrogen-bond donors (Lipinski definition) is 2. The van der Waals surface area contributed by atoms with Gasteiger partial charge in [-0.15, -0.1) is 0 Å². The molecule has 110 valence electrons. The van der Waals surface area contributed by atoms with Crippen LogP contribution in [0.4, 0.5) is 11.6 Å². The highest BCUT2D eigenvalue weighted by Crippen LogP contribution is 2.24. The van der Waals surface area contributed by atoms with Crippen molar-refractivity contribution in [2.75, 3.05) is 11.9 Å². The van der Waals surface area contributed by atoms with Crippen molar-refractivity contribution in [1.29, 1.82) is 0 Å². The second-order valence-electron chi connectivity index (χ2n) is 4.59. The number of nitrogens with zero attached hydrogens (tertiary/aromatic N) is 2. The van der Waals surface area contributed by atoms with Crippen molar-refractivity contribution in [1.82, 2.24) is 15.3 Å². The molecule has 21 heavy (non-hydrogen) atoms. The Bertz CT molecular complexity index is 628. The van der Waals surface area contributed by atoms with Crippen molar-refractivity contribution in [3.63, 3.8) is 0 Å². The molecule has 1 aromatic heterocycles. The fourth-order valence-electron chi connectivity index (χ4n) is 1.71. The number of hydrogen-bond acceptors (Lipinski definition) is 4. The third-order valence-corrected chi connectivity index (χ3v) is 3.37. The lowest BCUT2D eigenvalue weighted by molar-refractivity contribution is 0.0953. The fourth-order valence-corrected chi connectivity index (χ4v) is 1.89. The van der Waals surface area contributed by atoms with E-state index in [0.29, 0.717) is 23.1 Å². The van der Waals surface area contributed by atoms with E-state index in [2.05, 4.69) is 20.6 Å². The Morgan fingerprint density at radius 3 is 2.67 bits per heavy atom. The maximum atomic E-state index is 11.7. The molecule has 0 fully saturated rings. The largest absolute Gasteiger partial charge is 0.352 e. The van der Waals surface area contributed by atoms with Gasteiger partial charge in [-0.2, -0.15) is 0 Å². The first kappa shape index (κ1) is 15.3. The topological polar surface area (TPSA) is 66.9 Å². The Morgan fingerprint density at radius 2 is 2.00 bits per heavy atom. The lowest BCUT2D eigenvalue weighted by Crippen LogP contribution is -2.24. The van der Waals surface area contributed by atoms with Gasteiger partial charge in [0.1, 0.15) is 0 Å². The zero-order valence-corrected chi connectivity index (χ0v) is 12.7. The Balaban J connectivity index is 2.09. The van der Waals surface area contributed by atoms with Crippen LogP contribution in [0.1, 0.15) is 29.3 Å². The Morgan fingerprint density at radius 1 is 1.29 bits per heavy atom. The van der Waals surface area contributed by atoms with Crippen LogP contribution in [0.15, 0.2) is 30.6 Å². The van der Waals surface area contributed by atoms with Crippen LogP contribution in [0.25, 0.3) is 0 Å². The number of anilines is 2.